The second-order valence-corrected chi connectivity index (χ2v) is 17.7. The molecule has 0 spiro atoms. The van der Waals surface area contributed by atoms with E-state index in [0.717, 1.165) is 25.7 Å². The van der Waals surface area contributed by atoms with E-state index < -0.39 is 48.3 Å². The summed E-state index contributed by atoms with van der Waals surface area (Å²) in [6.45, 7) is 8.96. The molecule has 53 heavy (non-hydrogen) atoms. The molecule has 2 fully saturated rings. The van der Waals surface area contributed by atoms with Crippen molar-refractivity contribution in [3.05, 3.63) is 54.1 Å². The Labute approximate surface area is 314 Å². The summed E-state index contributed by atoms with van der Waals surface area (Å²) in [6, 6.07) is 12.0. The second-order valence-electron chi connectivity index (χ2n) is 13.8. The molecule has 298 valence electrons. The molecule has 0 unspecified atom stereocenters. The number of aliphatic hydroxyl groups excluding tert-OH is 1. The third-order valence-corrected chi connectivity index (χ3v) is 12.5. The van der Waals surface area contributed by atoms with Gasteiger partial charge in [-0.3, -0.25) is 4.57 Å². The van der Waals surface area contributed by atoms with Crippen molar-refractivity contribution < 1.29 is 55.6 Å². The molecule has 5 atom stereocenters. The van der Waals surface area contributed by atoms with Crippen molar-refractivity contribution in [2.45, 2.75) is 95.7 Å². The van der Waals surface area contributed by atoms with Crippen LogP contribution in [0.1, 0.15) is 65.4 Å². The maximum Gasteiger partial charge on any atom is 0.407 e. The number of unbranched alkanes of at least 4 members (excludes halogenated alkanes) is 2. The summed E-state index contributed by atoms with van der Waals surface area (Å²) in [4.78, 5) is 13.4. The topological polar surface area (TPSA) is 168 Å². The summed E-state index contributed by atoms with van der Waals surface area (Å²) in [5.74, 6) is 0.793. The molecule has 0 radical (unpaired) electrons. The number of alkyl carbamates (subject to hydrolysis) is 1. The normalized spacial score (nSPS) is 20.0. The number of nitrogens with zero attached hydrogens (tertiary/aromatic N) is 1. The molecule has 2 aromatic carbocycles. The number of hydrogen-bond acceptors (Lipinski definition) is 12. The lowest BCUT2D eigenvalue weighted by molar-refractivity contribution is -0.0907. The molecule has 4 rings (SSSR count). The lowest BCUT2D eigenvalue weighted by atomic mass is 10.0. The number of carbonyl (C=O) groups excluding carboxylic acids is 1. The van der Waals surface area contributed by atoms with Crippen molar-refractivity contribution in [1.29, 1.82) is 0 Å². The van der Waals surface area contributed by atoms with Crippen LogP contribution in [-0.2, 0) is 44.3 Å². The predicted octanol–water partition coefficient (Wildman–Crippen LogP) is 5.96. The van der Waals surface area contributed by atoms with Gasteiger partial charge in [0.15, 0.2) is 12.6 Å². The van der Waals surface area contributed by atoms with E-state index in [4.69, 9.17) is 32.7 Å². The van der Waals surface area contributed by atoms with Crippen molar-refractivity contribution >= 4 is 23.7 Å². The van der Waals surface area contributed by atoms with Crippen LogP contribution in [0.4, 0.5) is 4.79 Å². The molecule has 14 nitrogen and oxygen atoms in total. The highest BCUT2D eigenvalue weighted by Gasteiger charge is 2.44. The number of methoxy groups -OCH3 is 1. The number of rotatable bonds is 23. The first-order chi connectivity index (χ1) is 25.4. The van der Waals surface area contributed by atoms with Crippen LogP contribution in [0.3, 0.4) is 0 Å². The number of nitrogens with one attached hydrogen (secondary N) is 1. The van der Waals surface area contributed by atoms with Crippen LogP contribution in [0.25, 0.3) is 0 Å². The smallest absolute Gasteiger partial charge is 0.407 e. The van der Waals surface area contributed by atoms with E-state index in [9.17, 15) is 22.9 Å². The highest BCUT2D eigenvalue weighted by Crippen LogP contribution is 2.48. The highest BCUT2D eigenvalue weighted by molar-refractivity contribution is 7.89. The Morgan fingerprint density at radius 1 is 0.981 bits per heavy atom. The van der Waals surface area contributed by atoms with Crippen LogP contribution in [0, 0.1) is 11.8 Å². The zero-order chi connectivity index (χ0) is 38.4. The Kier molecular flexibility index (Phi) is 16.9. The van der Waals surface area contributed by atoms with E-state index in [1.165, 1.54) is 23.5 Å². The van der Waals surface area contributed by atoms with Crippen molar-refractivity contribution in [2.24, 2.45) is 11.8 Å². The molecular formula is C37H57N2O12PS. The fourth-order valence-corrected chi connectivity index (χ4v) is 8.97. The SMILES string of the molecule is CCCCOP(=O)(COc1ccc(C[C@H](NC(=O)O[C@H]2CO[C@H]3OCC[C@H]32)[C@H](O)CN(CC(C)C)S(=O)(=O)c2ccc(OC)cc2)cc1)OCCCC. The van der Waals surface area contributed by atoms with E-state index in [2.05, 4.69) is 5.32 Å². The van der Waals surface area contributed by atoms with E-state index in [1.807, 2.05) is 27.7 Å². The monoisotopic (exact) mass is 784 g/mol. The Bertz CT molecular complexity index is 1550. The number of benzene rings is 2. The number of sulfonamides is 1. The lowest BCUT2D eigenvalue weighted by Gasteiger charge is -2.31. The van der Waals surface area contributed by atoms with Gasteiger partial charge >= 0.3 is 13.7 Å². The summed E-state index contributed by atoms with van der Waals surface area (Å²) in [5, 5.41) is 14.5. The molecule has 2 N–H and O–H groups in total. The first-order valence-electron chi connectivity index (χ1n) is 18.5. The molecule has 16 heteroatoms. The summed E-state index contributed by atoms with van der Waals surface area (Å²) >= 11 is 0. The number of carbonyl (C=O) groups is 1. The molecule has 2 aliphatic heterocycles. The number of hydrogen-bond donors (Lipinski definition) is 2. The van der Waals surface area contributed by atoms with Gasteiger partial charge in [-0.25, -0.2) is 13.2 Å². The first kappa shape index (κ1) is 43.0. The summed E-state index contributed by atoms with van der Waals surface area (Å²) in [6.07, 6.45) is 0.821. The third-order valence-electron chi connectivity index (χ3n) is 9.01. The molecular weight excluding hydrogens is 727 g/mol. The molecule has 2 heterocycles. The maximum atomic E-state index is 13.8. The third kappa shape index (κ3) is 12.9. The van der Waals surface area contributed by atoms with Gasteiger partial charge < -0.3 is 43.2 Å². The Morgan fingerprint density at radius 3 is 2.23 bits per heavy atom. The fourth-order valence-electron chi connectivity index (χ4n) is 6.00. The van der Waals surface area contributed by atoms with Crippen LogP contribution in [0.2, 0.25) is 0 Å². The van der Waals surface area contributed by atoms with Crippen molar-refractivity contribution in [3.8, 4) is 11.5 Å². The van der Waals surface area contributed by atoms with Gasteiger partial charge in [-0.15, -0.1) is 0 Å². The predicted molar refractivity (Wildman–Crippen MR) is 199 cm³/mol. The van der Waals surface area contributed by atoms with Gasteiger partial charge in [0.05, 0.1) is 56.5 Å². The van der Waals surface area contributed by atoms with E-state index >= 15 is 0 Å². The summed E-state index contributed by atoms with van der Waals surface area (Å²) in [5.41, 5.74) is 0.713. The van der Waals surface area contributed by atoms with Gasteiger partial charge in [-0.05, 0) is 73.6 Å². The van der Waals surface area contributed by atoms with Crippen LogP contribution in [-0.4, -0.2) is 101 Å². The van der Waals surface area contributed by atoms with Crippen molar-refractivity contribution in [1.82, 2.24) is 9.62 Å². The number of amides is 1. The average molecular weight is 785 g/mol. The number of fused-ring (bicyclic) bond motifs is 1. The molecule has 0 bridgehead atoms. The van der Waals surface area contributed by atoms with Gasteiger partial charge in [0, 0.05) is 13.1 Å². The largest absolute Gasteiger partial charge is 0.497 e. The molecule has 2 aromatic rings. The summed E-state index contributed by atoms with van der Waals surface area (Å²) < 4.78 is 81.5. The minimum absolute atomic E-state index is 0.0521. The fraction of sp³-hybridized carbons (Fsp3) is 0.649. The summed E-state index contributed by atoms with van der Waals surface area (Å²) in [7, 11) is -6.02. The molecule has 2 saturated heterocycles. The minimum atomic E-state index is -4.04. The van der Waals surface area contributed by atoms with Crippen molar-refractivity contribution in [3.63, 3.8) is 0 Å². The minimum Gasteiger partial charge on any atom is -0.497 e. The van der Waals surface area contributed by atoms with Gasteiger partial charge in [-0.1, -0.05) is 52.7 Å². The quantitative estimate of drug-likeness (QED) is 0.100. The molecule has 2 aliphatic rings. The zero-order valence-electron chi connectivity index (χ0n) is 31.5. The van der Waals surface area contributed by atoms with Gasteiger partial charge in [0.1, 0.15) is 17.6 Å². The van der Waals surface area contributed by atoms with Gasteiger partial charge in [0.2, 0.25) is 10.0 Å². The van der Waals surface area contributed by atoms with E-state index in [0.29, 0.717) is 43.3 Å². The van der Waals surface area contributed by atoms with Gasteiger partial charge in [0.25, 0.3) is 0 Å². The van der Waals surface area contributed by atoms with Crippen molar-refractivity contribution in [2.75, 3.05) is 53.0 Å². The van der Waals surface area contributed by atoms with Crippen LogP contribution >= 0.6 is 7.60 Å². The molecule has 0 aliphatic carbocycles. The lowest BCUT2D eigenvalue weighted by Crippen LogP contribution is -2.51. The van der Waals surface area contributed by atoms with E-state index in [-0.39, 0.29) is 49.2 Å². The Balaban J connectivity index is 1.50. The first-order valence-corrected chi connectivity index (χ1v) is 21.7. The van der Waals surface area contributed by atoms with E-state index in [1.54, 1.807) is 36.4 Å². The van der Waals surface area contributed by atoms with Crippen LogP contribution < -0.4 is 14.8 Å². The molecule has 1 amide bonds. The zero-order valence-corrected chi connectivity index (χ0v) is 33.2. The number of aliphatic hydroxyl groups is 1. The second kappa shape index (κ2) is 20.8. The highest BCUT2D eigenvalue weighted by atomic mass is 32.2. The standard InChI is InChI=1S/C37H57N2O12PS/c1-6-8-19-49-52(42,50-20-9-7-2)26-48-30-12-10-28(11-13-30)22-33(38-37(41)51-35-25-47-36-32(35)18-21-46-36)34(40)24-39(23-27(3)4)53(43,44)31-16-14-29(45-5)15-17-31/h10-17,27,32-36,40H,6-9,18-26H2,1-5H3,(H,38,41)/t32-,33-,34+,35-,36+/m0/s1. The average Bonchev–Trinajstić information content (AvgIpc) is 3.76. The number of ether oxygens (including phenoxy) is 5. The molecule has 0 saturated carbocycles. The Hall–Kier alpha value is -2.75. The van der Waals surface area contributed by atoms with Crippen LogP contribution in [0.5, 0.6) is 11.5 Å². The Morgan fingerprint density at radius 2 is 1.62 bits per heavy atom. The molecule has 0 aromatic heterocycles. The van der Waals surface area contributed by atoms with Crippen LogP contribution in [0.15, 0.2) is 53.4 Å². The van der Waals surface area contributed by atoms with Gasteiger partial charge in [-0.2, -0.15) is 4.31 Å². The maximum absolute atomic E-state index is 13.8.